The molecule has 152 valence electrons. The van der Waals surface area contributed by atoms with Crippen LogP contribution in [0, 0.1) is 0 Å². The summed E-state index contributed by atoms with van der Waals surface area (Å²) in [5, 5.41) is 8.44. The van der Waals surface area contributed by atoms with Gasteiger partial charge in [-0.15, -0.1) is 10.2 Å². The molecule has 0 saturated heterocycles. The molecule has 9 heteroatoms. The normalized spacial score (nSPS) is 10.5. The fourth-order valence-corrected chi connectivity index (χ4v) is 2.74. The molecule has 0 radical (unpaired) electrons. The molecule has 1 heterocycles. The Kier molecular flexibility index (Phi) is 6.56. The minimum Gasteiger partial charge on any atom is -0.493 e. The molecule has 0 fully saturated rings. The number of hydrogen-bond acceptors (Lipinski definition) is 8. The average molecular weight is 419 g/mol. The quantitative estimate of drug-likeness (QED) is 0.511. The van der Waals surface area contributed by atoms with Gasteiger partial charge >= 0.3 is 5.97 Å². The Morgan fingerprint density at radius 3 is 2.24 bits per heavy atom. The van der Waals surface area contributed by atoms with Gasteiger partial charge in [0, 0.05) is 10.6 Å². The molecule has 0 N–H and O–H groups in total. The first-order valence-electron chi connectivity index (χ1n) is 8.57. The number of rotatable bonds is 8. The first kappa shape index (κ1) is 20.5. The Balaban J connectivity index is 1.62. The average Bonchev–Trinajstić information content (AvgIpc) is 3.21. The van der Waals surface area contributed by atoms with Crippen LogP contribution in [-0.2, 0) is 22.6 Å². The minimum absolute atomic E-state index is 0.00882. The van der Waals surface area contributed by atoms with E-state index in [2.05, 4.69) is 10.2 Å². The molecular weight excluding hydrogens is 400 g/mol. The third-order valence-corrected chi connectivity index (χ3v) is 4.24. The second kappa shape index (κ2) is 9.29. The van der Waals surface area contributed by atoms with Crippen LogP contribution in [0.3, 0.4) is 0 Å². The lowest BCUT2D eigenvalue weighted by Gasteiger charge is -2.13. The van der Waals surface area contributed by atoms with Gasteiger partial charge in [0.15, 0.2) is 18.1 Å². The number of ether oxygens (including phenoxy) is 4. The maximum atomic E-state index is 12.2. The van der Waals surface area contributed by atoms with E-state index in [1.165, 1.54) is 21.3 Å². The van der Waals surface area contributed by atoms with E-state index in [1.807, 2.05) is 0 Å². The Hall–Kier alpha value is -3.26. The van der Waals surface area contributed by atoms with E-state index in [0.29, 0.717) is 33.7 Å². The molecule has 3 aromatic rings. The number of hydrogen-bond donors (Lipinski definition) is 0. The van der Waals surface area contributed by atoms with E-state index in [0.717, 1.165) is 5.56 Å². The van der Waals surface area contributed by atoms with Crippen molar-refractivity contribution >= 4 is 17.6 Å². The van der Waals surface area contributed by atoms with Crippen molar-refractivity contribution in [3.05, 3.63) is 52.9 Å². The van der Waals surface area contributed by atoms with Gasteiger partial charge in [-0.2, -0.15) is 0 Å². The maximum absolute atomic E-state index is 12.2. The highest BCUT2D eigenvalue weighted by molar-refractivity contribution is 6.30. The standard InChI is InChI=1S/C20H19ClN2O6/c1-25-15-8-12(9-16(26-2)19(15)27-3)10-18(24)28-11-17-22-23-20(29-17)13-4-6-14(21)7-5-13/h4-9H,10-11H2,1-3H3. The first-order chi connectivity index (χ1) is 14.0. The van der Waals surface area contributed by atoms with Gasteiger partial charge < -0.3 is 23.4 Å². The fraction of sp³-hybridized carbons (Fsp3) is 0.250. The molecule has 3 rings (SSSR count). The van der Waals surface area contributed by atoms with E-state index < -0.39 is 5.97 Å². The number of carbonyl (C=O) groups excluding carboxylic acids is 1. The van der Waals surface area contributed by atoms with Crippen molar-refractivity contribution in [2.75, 3.05) is 21.3 Å². The summed E-state index contributed by atoms with van der Waals surface area (Å²) in [5.41, 5.74) is 1.37. The van der Waals surface area contributed by atoms with Gasteiger partial charge in [0.05, 0.1) is 27.8 Å². The Morgan fingerprint density at radius 2 is 1.66 bits per heavy atom. The van der Waals surface area contributed by atoms with Crippen LogP contribution in [0.15, 0.2) is 40.8 Å². The summed E-state index contributed by atoms with van der Waals surface area (Å²) in [4.78, 5) is 12.2. The lowest BCUT2D eigenvalue weighted by atomic mass is 10.1. The van der Waals surface area contributed by atoms with Crippen molar-refractivity contribution in [3.63, 3.8) is 0 Å². The van der Waals surface area contributed by atoms with Crippen molar-refractivity contribution in [1.29, 1.82) is 0 Å². The Morgan fingerprint density at radius 1 is 1.00 bits per heavy atom. The largest absolute Gasteiger partial charge is 0.493 e. The molecule has 0 unspecified atom stereocenters. The highest BCUT2D eigenvalue weighted by Gasteiger charge is 2.16. The van der Waals surface area contributed by atoms with Gasteiger partial charge in [-0.1, -0.05) is 11.6 Å². The molecule has 0 amide bonds. The van der Waals surface area contributed by atoms with Crippen molar-refractivity contribution < 1.29 is 28.2 Å². The molecular formula is C20H19ClN2O6. The molecule has 8 nitrogen and oxygen atoms in total. The van der Waals surface area contributed by atoms with Gasteiger partial charge in [0.25, 0.3) is 5.89 Å². The number of halogens is 1. The van der Waals surface area contributed by atoms with Crippen molar-refractivity contribution in [2.45, 2.75) is 13.0 Å². The molecule has 0 saturated carbocycles. The zero-order valence-corrected chi connectivity index (χ0v) is 16.9. The van der Waals surface area contributed by atoms with Crippen LogP contribution in [0.5, 0.6) is 17.2 Å². The third-order valence-electron chi connectivity index (χ3n) is 3.99. The van der Waals surface area contributed by atoms with Crippen LogP contribution in [0.2, 0.25) is 5.02 Å². The van der Waals surface area contributed by atoms with Gasteiger partial charge in [-0.05, 0) is 42.0 Å². The summed E-state index contributed by atoms with van der Waals surface area (Å²) >= 11 is 5.86. The second-order valence-electron chi connectivity index (χ2n) is 5.88. The number of benzene rings is 2. The lowest BCUT2D eigenvalue weighted by molar-refractivity contribution is -0.144. The molecule has 1 aromatic heterocycles. The second-order valence-corrected chi connectivity index (χ2v) is 6.32. The molecule has 0 spiro atoms. The zero-order chi connectivity index (χ0) is 20.8. The van der Waals surface area contributed by atoms with Gasteiger partial charge in [0.2, 0.25) is 11.6 Å². The Bertz CT molecular complexity index is 962. The number of nitrogens with zero attached hydrogens (tertiary/aromatic N) is 2. The SMILES string of the molecule is COc1cc(CC(=O)OCc2nnc(-c3ccc(Cl)cc3)o2)cc(OC)c1OC. The molecule has 0 aliphatic rings. The van der Waals surface area contributed by atoms with Crippen LogP contribution >= 0.6 is 11.6 Å². The van der Waals surface area contributed by atoms with E-state index in [9.17, 15) is 4.79 Å². The summed E-state index contributed by atoms with van der Waals surface area (Å²) in [6.45, 7) is -0.135. The summed E-state index contributed by atoms with van der Waals surface area (Å²) in [6, 6.07) is 10.3. The summed E-state index contributed by atoms with van der Waals surface area (Å²) in [6.07, 6.45) is 0.00882. The maximum Gasteiger partial charge on any atom is 0.310 e. The van der Waals surface area contributed by atoms with Crippen molar-refractivity contribution in [1.82, 2.24) is 10.2 Å². The summed E-state index contributed by atoms with van der Waals surface area (Å²) < 4.78 is 26.6. The molecule has 0 bridgehead atoms. The van der Waals surface area contributed by atoms with E-state index in [-0.39, 0.29) is 18.9 Å². The molecule has 29 heavy (non-hydrogen) atoms. The first-order valence-corrected chi connectivity index (χ1v) is 8.94. The fourth-order valence-electron chi connectivity index (χ4n) is 2.62. The highest BCUT2D eigenvalue weighted by Crippen LogP contribution is 2.38. The van der Waals surface area contributed by atoms with Crippen molar-refractivity contribution in [3.8, 4) is 28.7 Å². The number of esters is 1. The predicted molar refractivity (Wildman–Crippen MR) is 104 cm³/mol. The Labute approximate surface area is 172 Å². The van der Waals surface area contributed by atoms with Gasteiger partial charge in [-0.25, -0.2) is 0 Å². The third kappa shape index (κ3) is 4.97. The topological polar surface area (TPSA) is 92.9 Å². The lowest BCUT2D eigenvalue weighted by Crippen LogP contribution is -2.09. The van der Waals surface area contributed by atoms with Crippen LogP contribution in [-0.4, -0.2) is 37.5 Å². The number of aromatic nitrogens is 2. The summed E-state index contributed by atoms with van der Waals surface area (Å²) in [5.74, 6) is 1.40. The number of carbonyl (C=O) groups is 1. The molecule has 0 atom stereocenters. The van der Waals surface area contributed by atoms with Crippen LogP contribution in [0.25, 0.3) is 11.5 Å². The molecule has 0 aliphatic carbocycles. The molecule has 0 aliphatic heterocycles. The van der Waals surface area contributed by atoms with Crippen LogP contribution in [0.1, 0.15) is 11.5 Å². The van der Waals surface area contributed by atoms with Crippen LogP contribution < -0.4 is 14.2 Å². The van der Waals surface area contributed by atoms with Crippen LogP contribution in [0.4, 0.5) is 0 Å². The van der Waals surface area contributed by atoms with Crippen molar-refractivity contribution in [2.24, 2.45) is 0 Å². The molecule has 2 aromatic carbocycles. The zero-order valence-electron chi connectivity index (χ0n) is 16.1. The predicted octanol–water partition coefficient (Wildman–Crippen LogP) is 3.70. The smallest absolute Gasteiger partial charge is 0.310 e. The van der Waals surface area contributed by atoms with Gasteiger partial charge in [-0.3, -0.25) is 4.79 Å². The monoisotopic (exact) mass is 418 g/mol. The highest BCUT2D eigenvalue weighted by atomic mass is 35.5. The number of methoxy groups -OCH3 is 3. The minimum atomic E-state index is -0.467. The van der Waals surface area contributed by atoms with E-state index >= 15 is 0 Å². The van der Waals surface area contributed by atoms with E-state index in [1.54, 1.807) is 36.4 Å². The van der Waals surface area contributed by atoms with Gasteiger partial charge in [0.1, 0.15) is 0 Å². The summed E-state index contributed by atoms with van der Waals surface area (Å²) in [7, 11) is 4.53. The van der Waals surface area contributed by atoms with E-state index in [4.69, 9.17) is 35.0 Å².